The molecule has 0 spiro atoms. The molecule has 3 nitrogen and oxygen atoms in total. The monoisotopic (exact) mass is 342 g/mol. The molecule has 4 heteroatoms. The first-order valence-electron chi connectivity index (χ1n) is 7.24. The van der Waals surface area contributed by atoms with Crippen molar-refractivity contribution in [2.75, 3.05) is 5.32 Å². The number of carbonyl (C=O) groups excluding carboxylic acids is 1. The van der Waals surface area contributed by atoms with Gasteiger partial charge in [0.1, 0.15) is 0 Å². The van der Waals surface area contributed by atoms with Crippen LogP contribution in [-0.4, -0.2) is 10.9 Å². The lowest BCUT2D eigenvalue weighted by Gasteiger charge is -2.18. The van der Waals surface area contributed by atoms with Crippen LogP contribution in [0.4, 0.5) is 5.69 Å². The highest BCUT2D eigenvalue weighted by Gasteiger charge is 2.39. The van der Waals surface area contributed by atoms with Crippen LogP contribution in [0.1, 0.15) is 12.8 Å². The number of hydrogen-bond donors (Lipinski definition) is 1. The van der Waals surface area contributed by atoms with E-state index in [4.69, 9.17) is 0 Å². The Balaban J connectivity index is 1.62. The number of anilines is 1. The molecule has 3 unspecified atom stereocenters. The lowest BCUT2D eigenvalue weighted by molar-refractivity contribution is -0.120. The highest BCUT2D eigenvalue weighted by molar-refractivity contribution is 9.10. The van der Waals surface area contributed by atoms with Gasteiger partial charge in [-0.25, -0.2) is 0 Å². The van der Waals surface area contributed by atoms with Crippen LogP contribution >= 0.6 is 15.9 Å². The third-order valence-electron chi connectivity index (χ3n) is 4.55. The van der Waals surface area contributed by atoms with Gasteiger partial charge in [0.2, 0.25) is 5.91 Å². The number of nitrogens with zero attached hydrogens (tertiary/aromatic N) is 1. The Labute approximate surface area is 131 Å². The summed E-state index contributed by atoms with van der Waals surface area (Å²) in [5.74, 6) is 1.27. The summed E-state index contributed by atoms with van der Waals surface area (Å²) < 4.78 is 0.941. The zero-order valence-electron chi connectivity index (χ0n) is 11.4. The van der Waals surface area contributed by atoms with Crippen LogP contribution in [0.2, 0.25) is 0 Å². The molecule has 0 aliphatic heterocycles. The number of para-hydroxylation sites is 1. The van der Waals surface area contributed by atoms with E-state index in [1.807, 2.05) is 24.3 Å². The van der Waals surface area contributed by atoms with Gasteiger partial charge < -0.3 is 5.32 Å². The highest BCUT2D eigenvalue weighted by Crippen LogP contribution is 2.43. The van der Waals surface area contributed by atoms with Crippen LogP contribution in [0, 0.1) is 17.8 Å². The fourth-order valence-corrected chi connectivity index (χ4v) is 3.89. The molecule has 2 bridgehead atoms. The lowest BCUT2D eigenvalue weighted by Crippen LogP contribution is -2.26. The molecule has 0 radical (unpaired) electrons. The van der Waals surface area contributed by atoms with Gasteiger partial charge in [0.15, 0.2) is 0 Å². The molecule has 1 aromatic carbocycles. The van der Waals surface area contributed by atoms with Crippen LogP contribution in [0.5, 0.6) is 0 Å². The second-order valence-corrected chi connectivity index (χ2v) is 6.82. The highest BCUT2D eigenvalue weighted by atomic mass is 79.9. The Morgan fingerprint density at radius 1 is 1.29 bits per heavy atom. The number of carbonyl (C=O) groups is 1. The molecule has 1 fully saturated rings. The summed E-state index contributed by atoms with van der Waals surface area (Å²) in [5.41, 5.74) is 1.64. The topological polar surface area (TPSA) is 42.0 Å². The van der Waals surface area contributed by atoms with E-state index < -0.39 is 0 Å². The number of amides is 1. The molecule has 1 N–H and O–H groups in total. The first kappa shape index (κ1) is 13.0. The average Bonchev–Trinajstić information content (AvgIpc) is 3.10. The van der Waals surface area contributed by atoms with E-state index in [0.717, 1.165) is 33.9 Å². The first-order chi connectivity index (χ1) is 10.2. The molecule has 1 heterocycles. The van der Waals surface area contributed by atoms with Gasteiger partial charge in [-0.2, -0.15) is 0 Å². The van der Waals surface area contributed by atoms with E-state index >= 15 is 0 Å². The van der Waals surface area contributed by atoms with Crippen LogP contribution < -0.4 is 5.32 Å². The number of aromatic nitrogens is 1. The van der Waals surface area contributed by atoms with Gasteiger partial charge in [0.25, 0.3) is 0 Å². The summed E-state index contributed by atoms with van der Waals surface area (Å²) in [6.07, 6.45) is 8.34. The van der Waals surface area contributed by atoms with E-state index in [9.17, 15) is 4.79 Å². The van der Waals surface area contributed by atoms with Crippen molar-refractivity contribution in [2.24, 2.45) is 17.8 Å². The van der Waals surface area contributed by atoms with Crippen LogP contribution in [0.25, 0.3) is 10.9 Å². The maximum Gasteiger partial charge on any atom is 0.228 e. The number of pyridine rings is 1. The number of allylic oxidation sites excluding steroid dienone is 2. The number of rotatable bonds is 2. The van der Waals surface area contributed by atoms with Crippen molar-refractivity contribution < 1.29 is 4.79 Å². The molecule has 1 saturated carbocycles. The predicted octanol–water partition coefficient (Wildman–Crippen LogP) is 4.15. The van der Waals surface area contributed by atoms with Crippen LogP contribution in [0.15, 0.2) is 47.1 Å². The van der Waals surface area contributed by atoms with E-state index in [-0.39, 0.29) is 11.8 Å². The molecule has 0 saturated heterocycles. The minimum Gasteiger partial charge on any atom is -0.324 e. The second kappa shape index (κ2) is 4.95. The van der Waals surface area contributed by atoms with Gasteiger partial charge in [-0.05, 0) is 52.7 Å². The van der Waals surface area contributed by atoms with Gasteiger partial charge >= 0.3 is 0 Å². The van der Waals surface area contributed by atoms with Crippen molar-refractivity contribution in [1.82, 2.24) is 4.98 Å². The third kappa shape index (κ3) is 2.27. The number of hydrogen-bond acceptors (Lipinski definition) is 2. The fourth-order valence-electron chi connectivity index (χ4n) is 3.54. The normalized spacial score (nSPS) is 26.4. The molecule has 2 aliphatic carbocycles. The van der Waals surface area contributed by atoms with Crippen molar-refractivity contribution in [1.29, 1.82) is 0 Å². The van der Waals surface area contributed by atoms with E-state index in [0.29, 0.717) is 11.8 Å². The van der Waals surface area contributed by atoms with Crippen molar-refractivity contribution in [3.05, 3.63) is 47.1 Å². The Morgan fingerprint density at radius 3 is 2.95 bits per heavy atom. The number of fused-ring (bicyclic) bond motifs is 3. The molecule has 2 aromatic rings. The van der Waals surface area contributed by atoms with E-state index in [2.05, 4.69) is 38.4 Å². The molecule has 2 aliphatic rings. The van der Waals surface area contributed by atoms with Gasteiger partial charge in [-0.1, -0.05) is 24.3 Å². The zero-order chi connectivity index (χ0) is 14.4. The molecule has 3 atom stereocenters. The maximum atomic E-state index is 12.5. The summed E-state index contributed by atoms with van der Waals surface area (Å²) >= 11 is 3.43. The molecular weight excluding hydrogens is 328 g/mol. The van der Waals surface area contributed by atoms with E-state index in [1.165, 1.54) is 0 Å². The quantitative estimate of drug-likeness (QED) is 0.833. The first-order valence-corrected chi connectivity index (χ1v) is 8.03. The van der Waals surface area contributed by atoms with E-state index in [1.54, 1.807) is 6.20 Å². The SMILES string of the molecule is O=C(Nc1cccc2cc(Br)cnc12)C1CC2C=CC1C2. The largest absolute Gasteiger partial charge is 0.324 e. The summed E-state index contributed by atoms with van der Waals surface area (Å²) in [4.78, 5) is 17.0. The minimum atomic E-state index is 0.116. The predicted molar refractivity (Wildman–Crippen MR) is 86.9 cm³/mol. The Bertz CT molecular complexity index is 756. The van der Waals surface area contributed by atoms with Crippen molar-refractivity contribution in [2.45, 2.75) is 12.8 Å². The number of nitrogens with one attached hydrogen (secondary N) is 1. The van der Waals surface area contributed by atoms with Crippen molar-refractivity contribution in [3.63, 3.8) is 0 Å². The second-order valence-electron chi connectivity index (χ2n) is 5.91. The number of halogens is 1. The molecule has 1 amide bonds. The van der Waals surface area contributed by atoms with Gasteiger partial charge in [0, 0.05) is 22.0 Å². The Hall–Kier alpha value is -1.68. The smallest absolute Gasteiger partial charge is 0.228 e. The molecule has 1 aromatic heterocycles. The minimum absolute atomic E-state index is 0.116. The van der Waals surface area contributed by atoms with Gasteiger partial charge in [-0.3, -0.25) is 9.78 Å². The van der Waals surface area contributed by atoms with Gasteiger partial charge in [0.05, 0.1) is 11.2 Å². The van der Waals surface area contributed by atoms with Crippen LogP contribution in [0.3, 0.4) is 0 Å². The Morgan fingerprint density at radius 2 is 2.19 bits per heavy atom. The summed E-state index contributed by atoms with van der Waals surface area (Å²) in [5, 5.41) is 4.10. The standard InChI is InChI=1S/C17H15BrN2O/c18-13-8-12-2-1-3-15(16(12)19-9-13)20-17(21)14-7-10-4-5-11(14)6-10/h1-5,8-11,14H,6-7H2,(H,20,21). The summed E-state index contributed by atoms with van der Waals surface area (Å²) in [7, 11) is 0. The molecule has 4 rings (SSSR count). The summed E-state index contributed by atoms with van der Waals surface area (Å²) in [6.45, 7) is 0. The zero-order valence-corrected chi connectivity index (χ0v) is 13.0. The van der Waals surface area contributed by atoms with Crippen molar-refractivity contribution >= 4 is 38.4 Å². The summed E-state index contributed by atoms with van der Waals surface area (Å²) in [6, 6.07) is 7.89. The fraction of sp³-hybridized carbons (Fsp3) is 0.294. The average molecular weight is 343 g/mol. The van der Waals surface area contributed by atoms with Crippen molar-refractivity contribution in [3.8, 4) is 0 Å². The molecule has 21 heavy (non-hydrogen) atoms. The number of benzene rings is 1. The van der Waals surface area contributed by atoms with Gasteiger partial charge in [-0.15, -0.1) is 0 Å². The van der Waals surface area contributed by atoms with Crippen LogP contribution in [-0.2, 0) is 4.79 Å². The third-order valence-corrected chi connectivity index (χ3v) is 4.98. The lowest BCUT2D eigenvalue weighted by atomic mass is 9.92. The molecule has 106 valence electrons. The molecular formula is C17H15BrN2O. The Kier molecular flexibility index (Phi) is 3.07. The maximum absolute atomic E-state index is 12.5.